The van der Waals surface area contributed by atoms with Crippen LogP contribution < -0.4 is 4.90 Å². The van der Waals surface area contributed by atoms with Crippen molar-refractivity contribution >= 4 is 38.8 Å². The number of nitrogens with one attached hydrogen (secondary N) is 1. The Hall–Kier alpha value is -3.48. The van der Waals surface area contributed by atoms with Gasteiger partial charge in [-0.05, 0) is 43.5 Å². The Balaban J connectivity index is 1.57. The molecule has 1 aliphatic heterocycles. The average molecular weight is 369 g/mol. The van der Waals surface area contributed by atoms with E-state index in [2.05, 4.69) is 52.6 Å². The molecular weight excluding hydrogens is 350 g/mol. The van der Waals surface area contributed by atoms with Crippen molar-refractivity contribution in [2.45, 2.75) is 19.3 Å². The molecular formula is C21H19N7. The van der Waals surface area contributed by atoms with Gasteiger partial charge >= 0.3 is 0 Å². The summed E-state index contributed by atoms with van der Waals surface area (Å²) in [6.07, 6.45) is 11.0. The Bertz CT molecular complexity index is 1310. The lowest BCUT2D eigenvalue weighted by molar-refractivity contribution is 0.574. The van der Waals surface area contributed by atoms with E-state index in [0.29, 0.717) is 0 Å². The molecule has 4 aromatic heterocycles. The number of hydrogen-bond donors (Lipinski definition) is 1. The predicted molar refractivity (Wildman–Crippen MR) is 110 cm³/mol. The first-order valence-corrected chi connectivity index (χ1v) is 9.67. The van der Waals surface area contributed by atoms with Crippen LogP contribution in [0, 0.1) is 0 Å². The fraction of sp³-hybridized carbons (Fsp3) is 0.238. The van der Waals surface area contributed by atoms with Gasteiger partial charge in [0, 0.05) is 24.2 Å². The number of aromatic amines is 1. The minimum atomic E-state index is 0.882. The number of H-pyrrole nitrogens is 1. The molecule has 1 N–H and O–H groups in total. The smallest absolute Gasteiger partial charge is 0.129 e. The van der Waals surface area contributed by atoms with Crippen LogP contribution in [0.1, 0.15) is 19.3 Å². The Morgan fingerprint density at radius 3 is 2.64 bits per heavy atom. The maximum absolute atomic E-state index is 4.68. The summed E-state index contributed by atoms with van der Waals surface area (Å²) in [5, 5.41) is 1.08. The zero-order valence-electron chi connectivity index (χ0n) is 15.3. The van der Waals surface area contributed by atoms with Gasteiger partial charge in [0.25, 0.3) is 0 Å². The monoisotopic (exact) mass is 369 g/mol. The van der Waals surface area contributed by atoms with Gasteiger partial charge in [0.1, 0.15) is 17.7 Å². The maximum atomic E-state index is 4.68. The number of benzene rings is 1. The van der Waals surface area contributed by atoms with Crippen molar-refractivity contribution in [2.24, 2.45) is 0 Å². The van der Waals surface area contributed by atoms with Gasteiger partial charge in [-0.1, -0.05) is 0 Å². The molecule has 0 unspecified atom stereocenters. The molecule has 0 atom stereocenters. The molecule has 0 amide bonds. The van der Waals surface area contributed by atoms with E-state index in [1.807, 2.05) is 24.8 Å². The van der Waals surface area contributed by atoms with E-state index in [1.54, 1.807) is 6.33 Å². The highest BCUT2D eigenvalue weighted by molar-refractivity contribution is 6.03. The second-order valence-corrected chi connectivity index (χ2v) is 7.32. The summed E-state index contributed by atoms with van der Waals surface area (Å²) in [7, 11) is 0. The third kappa shape index (κ3) is 2.36. The van der Waals surface area contributed by atoms with Gasteiger partial charge in [0.05, 0.1) is 40.8 Å². The molecule has 0 spiro atoms. The van der Waals surface area contributed by atoms with Gasteiger partial charge in [0.15, 0.2) is 0 Å². The number of piperidine rings is 1. The summed E-state index contributed by atoms with van der Waals surface area (Å²) < 4.78 is 2.12. The number of anilines is 1. The summed E-state index contributed by atoms with van der Waals surface area (Å²) >= 11 is 0. The molecule has 0 radical (unpaired) electrons. The molecule has 138 valence electrons. The van der Waals surface area contributed by atoms with Gasteiger partial charge in [-0.15, -0.1) is 0 Å². The zero-order valence-corrected chi connectivity index (χ0v) is 15.3. The highest BCUT2D eigenvalue weighted by atomic mass is 15.2. The van der Waals surface area contributed by atoms with Gasteiger partial charge in [0.2, 0.25) is 0 Å². The molecule has 7 nitrogen and oxygen atoms in total. The molecule has 1 aliphatic rings. The Morgan fingerprint density at radius 2 is 1.71 bits per heavy atom. The average Bonchev–Trinajstić information content (AvgIpc) is 3.40. The van der Waals surface area contributed by atoms with E-state index in [4.69, 9.17) is 0 Å². The SMILES string of the molecule is c1nc2ccc(-n3cnc4cnc5cnc(N6CCCCC6)cc5c43)cc2[nH]1. The first-order valence-electron chi connectivity index (χ1n) is 9.67. The molecule has 1 fully saturated rings. The van der Waals surface area contributed by atoms with Crippen molar-refractivity contribution in [3.63, 3.8) is 0 Å². The zero-order chi connectivity index (χ0) is 18.5. The van der Waals surface area contributed by atoms with Gasteiger partial charge in [-0.2, -0.15) is 0 Å². The van der Waals surface area contributed by atoms with Crippen LogP contribution in [0.2, 0.25) is 0 Å². The third-order valence-electron chi connectivity index (χ3n) is 5.61. The van der Waals surface area contributed by atoms with E-state index in [0.717, 1.165) is 57.6 Å². The molecule has 0 saturated carbocycles. The van der Waals surface area contributed by atoms with Crippen molar-refractivity contribution in [1.82, 2.24) is 29.5 Å². The Labute approximate surface area is 161 Å². The lowest BCUT2D eigenvalue weighted by atomic mass is 10.1. The number of fused-ring (bicyclic) bond motifs is 4. The summed E-state index contributed by atoms with van der Waals surface area (Å²) in [4.78, 5) is 23.7. The number of pyridine rings is 2. The minimum Gasteiger partial charge on any atom is -0.357 e. The lowest BCUT2D eigenvalue weighted by Crippen LogP contribution is -2.30. The van der Waals surface area contributed by atoms with Gasteiger partial charge in [-0.25, -0.2) is 15.0 Å². The van der Waals surface area contributed by atoms with Crippen LogP contribution in [-0.4, -0.2) is 42.6 Å². The van der Waals surface area contributed by atoms with Crippen LogP contribution >= 0.6 is 0 Å². The number of rotatable bonds is 2. The first kappa shape index (κ1) is 15.6. The molecule has 1 saturated heterocycles. The fourth-order valence-corrected chi connectivity index (χ4v) is 4.15. The van der Waals surface area contributed by atoms with E-state index in [1.165, 1.54) is 19.3 Å². The topological polar surface area (TPSA) is 75.5 Å². The van der Waals surface area contributed by atoms with Crippen molar-refractivity contribution in [3.8, 4) is 5.69 Å². The Kier molecular flexibility index (Phi) is 3.35. The standard InChI is InChI=1S/C21H19N7/c1-2-6-27(7-3-1)20-9-15-18(10-23-20)22-11-19-21(15)28(13-26-19)14-4-5-16-17(8-14)25-12-24-16/h4-5,8-13H,1-3,6-7H2,(H,24,25). The molecule has 0 bridgehead atoms. The van der Waals surface area contributed by atoms with Crippen molar-refractivity contribution < 1.29 is 0 Å². The van der Waals surface area contributed by atoms with Crippen LogP contribution in [0.5, 0.6) is 0 Å². The third-order valence-corrected chi connectivity index (χ3v) is 5.61. The lowest BCUT2D eigenvalue weighted by Gasteiger charge is -2.27. The van der Waals surface area contributed by atoms with E-state index >= 15 is 0 Å². The largest absolute Gasteiger partial charge is 0.357 e. The maximum Gasteiger partial charge on any atom is 0.129 e. The molecule has 5 aromatic rings. The van der Waals surface area contributed by atoms with E-state index < -0.39 is 0 Å². The highest BCUT2D eigenvalue weighted by Gasteiger charge is 2.16. The number of hydrogen-bond acceptors (Lipinski definition) is 5. The van der Waals surface area contributed by atoms with Crippen LogP contribution in [0.15, 0.2) is 49.3 Å². The number of nitrogens with zero attached hydrogens (tertiary/aromatic N) is 6. The summed E-state index contributed by atoms with van der Waals surface area (Å²) in [5.41, 5.74) is 5.84. The quantitative estimate of drug-likeness (QED) is 0.512. The van der Waals surface area contributed by atoms with Crippen LogP contribution in [0.4, 0.5) is 5.82 Å². The number of aromatic nitrogens is 6. The van der Waals surface area contributed by atoms with Crippen molar-refractivity contribution in [3.05, 3.63) is 49.3 Å². The minimum absolute atomic E-state index is 0.882. The first-order chi connectivity index (χ1) is 13.9. The van der Waals surface area contributed by atoms with Crippen LogP contribution in [-0.2, 0) is 0 Å². The summed E-state index contributed by atoms with van der Waals surface area (Å²) in [6.45, 7) is 2.13. The molecule has 6 rings (SSSR count). The van der Waals surface area contributed by atoms with Crippen LogP contribution in [0.3, 0.4) is 0 Å². The Morgan fingerprint density at radius 1 is 0.821 bits per heavy atom. The summed E-state index contributed by atoms with van der Waals surface area (Å²) in [5.74, 6) is 1.03. The second kappa shape index (κ2) is 6.02. The van der Waals surface area contributed by atoms with Gasteiger partial charge < -0.3 is 9.88 Å². The van der Waals surface area contributed by atoms with E-state index in [9.17, 15) is 0 Å². The van der Waals surface area contributed by atoms with Gasteiger partial charge in [-0.3, -0.25) is 9.55 Å². The summed E-state index contributed by atoms with van der Waals surface area (Å²) in [6, 6.07) is 8.37. The van der Waals surface area contributed by atoms with Crippen LogP contribution in [0.25, 0.3) is 38.7 Å². The highest BCUT2D eigenvalue weighted by Crippen LogP contribution is 2.29. The van der Waals surface area contributed by atoms with Crippen molar-refractivity contribution in [1.29, 1.82) is 0 Å². The van der Waals surface area contributed by atoms with Crippen molar-refractivity contribution in [2.75, 3.05) is 18.0 Å². The molecule has 0 aliphatic carbocycles. The normalized spacial score (nSPS) is 15.1. The molecule has 1 aromatic carbocycles. The molecule has 5 heterocycles. The predicted octanol–water partition coefficient (Wildman–Crippen LogP) is 3.84. The second-order valence-electron chi connectivity index (χ2n) is 7.32. The molecule has 7 heteroatoms. The van der Waals surface area contributed by atoms with E-state index in [-0.39, 0.29) is 0 Å². The molecule has 28 heavy (non-hydrogen) atoms. The number of imidazole rings is 2. The fourth-order valence-electron chi connectivity index (χ4n) is 4.15.